The monoisotopic (exact) mass is 520 g/mol. The van der Waals surface area contributed by atoms with E-state index in [0.29, 0.717) is 18.1 Å². The van der Waals surface area contributed by atoms with Crippen LogP contribution in [0, 0.1) is 29.2 Å². The van der Waals surface area contributed by atoms with Gasteiger partial charge in [0.05, 0.1) is 6.61 Å². The van der Waals surface area contributed by atoms with Crippen molar-refractivity contribution < 1.29 is 22.3 Å². The molecule has 0 N–H and O–H groups in total. The quantitative estimate of drug-likeness (QED) is 0.127. The largest absolute Gasteiger partial charge is 0.377 e. The van der Waals surface area contributed by atoms with Crippen LogP contribution in [-0.4, -0.2) is 19.0 Å². The van der Waals surface area contributed by atoms with Crippen molar-refractivity contribution in [2.24, 2.45) is 5.92 Å². The third kappa shape index (κ3) is 6.11. The van der Waals surface area contributed by atoms with E-state index >= 15 is 4.39 Å². The maximum atomic E-state index is 15.0. The number of rotatable bonds is 8. The van der Waals surface area contributed by atoms with Gasteiger partial charge in [0.25, 0.3) is 0 Å². The van der Waals surface area contributed by atoms with E-state index in [-0.39, 0.29) is 21.9 Å². The molecule has 0 aliphatic carbocycles. The van der Waals surface area contributed by atoms with Crippen LogP contribution in [-0.2, 0) is 4.74 Å². The van der Waals surface area contributed by atoms with Crippen molar-refractivity contribution in [3.05, 3.63) is 95.0 Å². The van der Waals surface area contributed by atoms with Crippen molar-refractivity contribution in [1.82, 2.24) is 0 Å². The molecule has 1 heterocycles. The normalized spacial score (nSPS) is 18.0. The summed E-state index contributed by atoms with van der Waals surface area (Å²) in [7, 11) is 0. The summed E-state index contributed by atoms with van der Waals surface area (Å²) < 4.78 is 63.0. The van der Waals surface area contributed by atoms with Gasteiger partial charge >= 0.3 is 0 Å². The van der Waals surface area contributed by atoms with Gasteiger partial charge in [-0.3, -0.25) is 0 Å². The fourth-order valence-corrected chi connectivity index (χ4v) is 5.90. The van der Waals surface area contributed by atoms with Crippen LogP contribution in [0.3, 0.4) is 0 Å². The first-order valence-corrected chi connectivity index (χ1v) is 12.8. The second kappa shape index (κ2) is 11.6. The predicted molar refractivity (Wildman–Crippen MR) is 136 cm³/mol. The zero-order valence-electron chi connectivity index (χ0n) is 19.0. The number of hydrogen-bond acceptors (Lipinski definition) is 2. The second-order valence-corrected chi connectivity index (χ2v) is 10.2. The smallest absolute Gasteiger partial charge is 0.145 e. The standard InChI is InChI=1S/C28H25ClF4OS/c1-2-10-34-11-9-17-3-8-27(35-16-17)19-5-7-21(24(31)13-19)18-4-6-22(23(30)12-18)20-14-25(32)28(29)26(33)15-20/h2,4-7,12-15,17,27H,1,3,8-11,16H2. The summed E-state index contributed by atoms with van der Waals surface area (Å²) in [6.45, 7) is 4.94. The molecule has 0 saturated carbocycles. The average Bonchev–Trinajstić information content (AvgIpc) is 2.85. The van der Waals surface area contributed by atoms with Crippen LogP contribution >= 0.6 is 23.4 Å². The molecule has 4 rings (SSSR count). The second-order valence-electron chi connectivity index (χ2n) is 8.61. The van der Waals surface area contributed by atoms with E-state index in [1.54, 1.807) is 12.1 Å². The van der Waals surface area contributed by atoms with Crippen molar-refractivity contribution in [3.8, 4) is 22.3 Å². The third-order valence-corrected chi connectivity index (χ3v) is 8.15. The highest BCUT2D eigenvalue weighted by Crippen LogP contribution is 2.42. The molecular weight excluding hydrogens is 496 g/mol. The summed E-state index contributed by atoms with van der Waals surface area (Å²) in [5, 5.41) is -0.421. The van der Waals surface area contributed by atoms with Gasteiger partial charge in [-0.15, -0.1) is 6.58 Å². The zero-order valence-corrected chi connectivity index (χ0v) is 20.6. The van der Waals surface area contributed by atoms with Crippen molar-refractivity contribution in [2.75, 3.05) is 19.0 Å². The Balaban J connectivity index is 1.45. The lowest BCUT2D eigenvalue weighted by atomic mass is 9.95. The third-order valence-electron chi connectivity index (χ3n) is 6.22. The summed E-state index contributed by atoms with van der Waals surface area (Å²) in [6.07, 6.45) is 4.79. The number of hydrogen-bond donors (Lipinski definition) is 0. The van der Waals surface area contributed by atoms with Gasteiger partial charge in [0.15, 0.2) is 0 Å². The van der Waals surface area contributed by atoms with Crippen molar-refractivity contribution in [3.63, 3.8) is 0 Å². The van der Waals surface area contributed by atoms with Gasteiger partial charge in [-0.2, -0.15) is 11.8 Å². The van der Waals surface area contributed by atoms with Gasteiger partial charge in [0.2, 0.25) is 0 Å². The van der Waals surface area contributed by atoms with Gasteiger partial charge in [-0.25, -0.2) is 17.6 Å². The lowest BCUT2D eigenvalue weighted by molar-refractivity contribution is 0.146. The molecule has 7 heteroatoms. The van der Waals surface area contributed by atoms with Gasteiger partial charge in [0, 0.05) is 23.0 Å². The first kappa shape index (κ1) is 25.8. The molecule has 1 nitrogen and oxygen atoms in total. The number of ether oxygens (including phenoxy) is 1. The summed E-state index contributed by atoms with van der Waals surface area (Å²) in [6, 6.07) is 11.1. The van der Waals surface area contributed by atoms with Crippen LogP contribution in [0.1, 0.15) is 30.1 Å². The SMILES string of the molecule is C=CCOCCC1CCC(c2ccc(-c3ccc(-c4cc(F)c(Cl)c(F)c4)c(F)c3)c(F)c2)SC1. The number of benzene rings is 3. The molecular formula is C28H25ClF4OS. The molecule has 1 aliphatic heterocycles. The van der Waals surface area contributed by atoms with Gasteiger partial charge in [0.1, 0.15) is 28.3 Å². The van der Waals surface area contributed by atoms with Crippen LogP contribution in [0.15, 0.2) is 61.2 Å². The van der Waals surface area contributed by atoms with Gasteiger partial charge < -0.3 is 4.74 Å². The Morgan fingerprint density at radius 1 is 0.886 bits per heavy atom. The lowest BCUT2D eigenvalue weighted by Gasteiger charge is -2.28. The van der Waals surface area contributed by atoms with Crippen molar-refractivity contribution >= 4 is 23.4 Å². The maximum absolute atomic E-state index is 15.0. The molecule has 0 amide bonds. The van der Waals surface area contributed by atoms with Gasteiger partial charge in [-0.1, -0.05) is 41.9 Å². The summed E-state index contributed by atoms with van der Waals surface area (Å²) in [5.41, 5.74) is 1.56. The highest BCUT2D eigenvalue weighted by molar-refractivity contribution is 7.99. The van der Waals surface area contributed by atoms with Gasteiger partial charge in [-0.05, 0) is 71.9 Å². The number of thioether (sulfide) groups is 1. The Bertz CT molecular complexity index is 1180. The Kier molecular flexibility index (Phi) is 8.58. The van der Waals surface area contributed by atoms with Crippen LogP contribution in [0.2, 0.25) is 5.02 Å². The molecule has 0 radical (unpaired) electrons. The lowest BCUT2D eigenvalue weighted by Crippen LogP contribution is -2.15. The first-order valence-electron chi connectivity index (χ1n) is 11.4. The Morgan fingerprint density at radius 3 is 2.17 bits per heavy atom. The van der Waals surface area contributed by atoms with E-state index in [1.165, 1.54) is 24.3 Å². The maximum Gasteiger partial charge on any atom is 0.145 e. The summed E-state index contributed by atoms with van der Waals surface area (Å²) >= 11 is 7.34. The molecule has 1 saturated heterocycles. The van der Waals surface area contributed by atoms with E-state index in [9.17, 15) is 13.2 Å². The van der Waals surface area contributed by atoms with Crippen LogP contribution in [0.4, 0.5) is 17.6 Å². The highest BCUT2D eigenvalue weighted by Gasteiger charge is 2.24. The molecule has 2 atom stereocenters. The van der Waals surface area contributed by atoms with Crippen LogP contribution in [0.25, 0.3) is 22.3 Å². The van der Waals surface area contributed by atoms with Crippen LogP contribution < -0.4 is 0 Å². The molecule has 1 aliphatic rings. The van der Waals surface area contributed by atoms with Crippen molar-refractivity contribution in [1.29, 1.82) is 0 Å². The fraction of sp³-hybridized carbons (Fsp3) is 0.286. The zero-order chi connectivity index (χ0) is 24.9. The molecule has 184 valence electrons. The molecule has 2 unspecified atom stereocenters. The van der Waals surface area contributed by atoms with Crippen molar-refractivity contribution in [2.45, 2.75) is 24.5 Å². The average molecular weight is 521 g/mol. The van der Waals surface area contributed by atoms with Crippen LogP contribution in [0.5, 0.6) is 0 Å². The molecule has 3 aromatic carbocycles. The predicted octanol–water partition coefficient (Wildman–Crippen LogP) is 9.01. The summed E-state index contributed by atoms with van der Waals surface area (Å²) in [4.78, 5) is 0. The fourth-order valence-electron chi connectivity index (χ4n) is 4.31. The molecule has 0 aromatic heterocycles. The van der Waals surface area contributed by atoms with E-state index in [4.69, 9.17) is 16.3 Å². The molecule has 0 bridgehead atoms. The molecule has 1 fully saturated rings. The minimum absolute atomic E-state index is 0.00305. The Labute approximate surface area is 212 Å². The molecule has 0 spiro atoms. The Hall–Kier alpha value is -2.28. The Morgan fingerprint density at radius 2 is 1.54 bits per heavy atom. The minimum atomic E-state index is -0.972. The van der Waals surface area contributed by atoms with E-state index in [0.717, 1.165) is 49.3 Å². The van der Waals surface area contributed by atoms with E-state index in [1.807, 2.05) is 17.8 Å². The molecule has 3 aromatic rings. The topological polar surface area (TPSA) is 9.23 Å². The highest BCUT2D eigenvalue weighted by atomic mass is 35.5. The van der Waals surface area contributed by atoms with E-state index < -0.39 is 28.3 Å². The molecule has 35 heavy (non-hydrogen) atoms. The summed E-state index contributed by atoms with van der Waals surface area (Å²) in [5.74, 6) is -1.49. The minimum Gasteiger partial charge on any atom is -0.377 e. The van der Waals surface area contributed by atoms with E-state index in [2.05, 4.69) is 6.58 Å². The number of halogens is 5. The first-order chi connectivity index (χ1) is 16.9.